The summed E-state index contributed by atoms with van der Waals surface area (Å²) < 4.78 is 0.814. The van der Waals surface area contributed by atoms with Crippen molar-refractivity contribution in [2.45, 2.75) is 0 Å². The van der Waals surface area contributed by atoms with Crippen LogP contribution in [0.4, 0.5) is 5.69 Å². The number of para-hydroxylation sites is 2. The van der Waals surface area contributed by atoms with Gasteiger partial charge in [0.05, 0.1) is 17.8 Å². The molecule has 0 radical (unpaired) electrons. The molecule has 0 unspecified atom stereocenters. The first-order valence-corrected chi connectivity index (χ1v) is 7.26. The fourth-order valence-electron chi connectivity index (χ4n) is 1.67. The molecule has 0 spiro atoms. The fraction of sp³-hybridized carbons (Fsp3) is 0.0667. The lowest BCUT2D eigenvalue weighted by atomic mass is 10.2. The van der Waals surface area contributed by atoms with Crippen LogP contribution in [-0.4, -0.2) is 23.5 Å². The van der Waals surface area contributed by atoms with Crippen molar-refractivity contribution in [2.24, 2.45) is 0 Å². The number of anilines is 1. The Morgan fingerprint density at radius 2 is 1.71 bits per heavy atom. The maximum atomic E-state index is 11.9. The zero-order chi connectivity index (χ0) is 15.2. The number of carbonyl (C=O) groups is 2. The Bertz CT molecular complexity index is 673. The monoisotopic (exact) mass is 396 g/mol. The van der Waals surface area contributed by atoms with Crippen molar-refractivity contribution >= 4 is 40.1 Å². The van der Waals surface area contributed by atoms with Gasteiger partial charge < -0.3 is 15.7 Å². The first-order chi connectivity index (χ1) is 10.1. The zero-order valence-corrected chi connectivity index (χ0v) is 13.1. The van der Waals surface area contributed by atoms with E-state index in [0.29, 0.717) is 11.3 Å². The smallest absolute Gasteiger partial charge is 0.252 e. The van der Waals surface area contributed by atoms with E-state index in [4.69, 9.17) is 0 Å². The molecular formula is C15H13IN2O3. The van der Waals surface area contributed by atoms with E-state index in [1.165, 1.54) is 6.07 Å². The quantitative estimate of drug-likeness (QED) is 0.549. The third-order valence-electron chi connectivity index (χ3n) is 2.71. The lowest BCUT2D eigenvalue weighted by Crippen LogP contribution is -2.33. The molecule has 0 saturated carbocycles. The third-order valence-corrected chi connectivity index (χ3v) is 3.65. The minimum absolute atomic E-state index is 0.0187. The largest absolute Gasteiger partial charge is 0.506 e. The van der Waals surface area contributed by atoms with Crippen molar-refractivity contribution in [2.75, 3.05) is 11.9 Å². The number of rotatable bonds is 4. The van der Waals surface area contributed by atoms with Crippen molar-refractivity contribution in [3.05, 3.63) is 57.7 Å². The Morgan fingerprint density at radius 1 is 1.05 bits per heavy atom. The predicted molar refractivity (Wildman–Crippen MR) is 88.2 cm³/mol. The number of halogens is 1. The van der Waals surface area contributed by atoms with E-state index in [-0.39, 0.29) is 18.2 Å². The summed E-state index contributed by atoms with van der Waals surface area (Å²) >= 11 is 2.06. The number of phenolic OH excluding ortho intramolecular Hbond substituents is 1. The van der Waals surface area contributed by atoms with Gasteiger partial charge in [-0.3, -0.25) is 9.59 Å². The van der Waals surface area contributed by atoms with E-state index in [9.17, 15) is 14.7 Å². The first-order valence-electron chi connectivity index (χ1n) is 6.18. The predicted octanol–water partition coefficient (Wildman–Crippen LogP) is 2.37. The highest BCUT2D eigenvalue weighted by atomic mass is 127. The number of benzene rings is 2. The van der Waals surface area contributed by atoms with Crippen molar-refractivity contribution in [1.29, 1.82) is 0 Å². The fourth-order valence-corrected chi connectivity index (χ4v) is 2.31. The molecule has 0 aromatic heterocycles. The molecule has 108 valence electrons. The van der Waals surface area contributed by atoms with Crippen LogP contribution in [0.5, 0.6) is 5.75 Å². The molecule has 3 N–H and O–H groups in total. The molecule has 0 atom stereocenters. The van der Waals surface area contributed by atoms with Crippen molar-refractivity contribution in [1.82, 2.24) is 5.32 Å². The lowest BCUT2D eigenvalue weighted by molar-refractivity contribution is -0.115. The molecule has 0 aliphatic carbocycles. The minimum atomic E-state index is -0.407. The summed E-state index contributed by atoms with van der Waals surface area (Å²) in [6.45, 7) is -0.169. The highest BCUT2D eigenvalue weighted by molar-refractivity contribution is 14.1. The number of nitrogens with one attached hydrogen (secondary N) is 2. The van der Waals surface area contributed by atoms with Crippen LogP contribution in [0.3, 0.4) is 0 Å². The summed E-state index contributed by atoms with van der Waals surface area (Å²) in [7, 11) is 0. The second-order valence-corrected chi connectivity index (χ2v) is 5.39. The summed E-state index contributed by atoms with van der Waals surface area (Å²) in [6, 6.07) is 13.5. The summed E-state index contributed by atoms with van der Waals surface area (Å²) in [5.41, 5.74) is 0.833. The number of hydrogen-bond acceptors (Lipinski definition) is 3. The third kappa shape index (κ3) is 4.19. The van der Waals surface area contributed by atoms with Crippen LogP contribution in [0.2, 0.25) is 0 Å². The van der Waals surface area contributed by atoms with Crippen LogP contribution >= 0.6 is 22.6 Å². The van der Waals surface area contributed by atoms with Gasteiger partial charge in [0.2, 0.25) is 5.91 Å². The van der Waals surface area contributed by atoms with Crippen LogP contribution in [0.25, 0.3) is 0 Å². The summed E-state index contributed by atoms with van der Waals surface area (Å²) in [4.78, 5) is 23.7. The molecule has 0 saturated heterocycles. The SMILES string of the molecule is O=C(CNC(=O)c1ccccc1I)Nc1ccccc1O. The Morgan fingerprint density at radius 3 is 2.43 bits per heavy atom. The second-order valence-electron chi connectivity index (χ2n) is 4.23. The molecule has 0 fully saturated rings. The van der Waals surface area contributed by atoms with Crippen LogP contribution in [0.1, 0.15) is 10.4 Å². The molecule has 0 bridgehead atoms. The highest BCUT2D eigenvalue weighted by Gasteiger charge is 2.11. The molecule has 5 nitrogen and oxygen atoms in total. The molecule has 0 heterocycles. The van der Waals surface area contributed by atoms with Gasteiger partial charge in [0.25, 0.3) is 5.91 Å². The molecule has 2 aromatic carbocycles. The van der Waals surface area contributed by atoms with Gasteiger partial charge in [-0.05, 0) is 46.9 Å². The normalized spacial score (nSPS) is 9.95. The van der Waals surface area contributed by atoms with E-state index >= 15 is 0 Å². The van der Waals surface area contributed by atoms with Gasteiger partial charge in [-0.15, -0.1) is 0 Å². The van der Waals surface area contributed by atoms with Crippen LogP contribution in [0, 0.1) is 3.57 Å². The summed E-state index contributed by atoms with van der Waals surface area (Å²) in [5.74, 6) is -0.738. The molecule has 2 aromatic rings. The molecule has 21 heavy (non-hydrogen) atoms. The van der Waals surface area contributed by atoms with Gasteiger partial charge in [-0.25, -0.2) is 0 Å². The van der Waals surface area contributed by atoms with E-state index in [1.807, 2.05) is 12.1 Å². The highest BCUT2D eigenvalue weighted by Crippen LogP contribution is 2.21. The Kier molecular flexibility index (Phi) is 5.15. The van der Waals surface area contributed by atoms with Gasteiger partial charge in [0.1, 0.15) is 5.75 Å². The number of amides is 2. The summed E-state index contributed by atoms with van der Waals surface area (Å²) in [6.07, 6.45) is 0. The van der Waals surface area contributed by atoms with E-state index in [2.05, 4.69) is 33.2 Å². The molecule has 2 amide bonds. The van der Waals surface area contributed by atoms with Crippen LogP contribution < -0.4 is 10.6 Å². The van der Waals surface area contributed by atoms with Gasteiger partial charge in [-0.1, -0.05) is 24.3 Å². The second kappa shape index (κ2) is 7.07. The lowest BCUT2D eigenvalue weighted by Gasteiger charge is -2.09. The molecule has 2 rings (SSSR count). The van der Waals surface area contributed by atoms with E-state index in [1.54, 1.807) is 30.3 Å². The standard InChI is InChI=1S/C15H13IN2O3/c16-11-6-2-1-5-10(11)15(21)17-9-14(20)18-12-7-3-4-8-13(12)19/h1-8,19H,9H2,(H,17,21)(H,18,20). The van der Waals surface area contributed by atoms with Crippen LogP contribution in [0.15, 0.2) is 48.5 Å². The molecule has 6 heteroatoms. The molecule has 0 aliphatic heterocycles. The topological polar surface area (TPSA) is 78.4 Å². The average molecular weight is 396 g/mol. The van der Waals surface area contributed by atoms with Gasteiger partial charge in [0.15, 0.2) is 0 Å². The van der Waals surface area contributed by atoms with E-state index in [0.717, 1.165) is 3.57 Å². The zero-order valence-electron chi connectivity index (χ0n) is 11.0. The van der Waals surface area contributed by atoms with Crippen molar-refractivity contribution in [3.63, 3.8) is 0 Å². The average Bonchev–Trinajstić information content (AvgIpc) is 2.48. The number of aromatic hydroxyl groups is 1. The summed E-state index contributed by atoms with van der Waals surface area (Å²) in [5, 5.41) is 14.6. The minimum Gasteiger partial charge on any atom is -0.506 e. The molecular weight excluding hydrogens is 383 g/mol. The van der Waals surface area contributed by atoms with Crippen molar-refractivity contribution < 1.29 is 14.7 Å². The Labute approximate surface area is 135 Å². The maximum Gasteiger partial charge on any atom is 0.252 e. The maximum absolute atomic E-state index is 11.9. The van der Waals surface area contributed by atoms with Gasteiger partial charge >= 0.3 is 0 Å². The number of phenols is 1. The Hall–Kier alpha value is -2.09. The van der Waals surface area contributed by atoms with Crippen molar-refractivity contribution in [3.8, 4) is 5.75 Å². The number of carbonyl (C=O) groups excluding carboxylic acids is 2. The Balaban J connectivity index is 1.91. The van der Waals surface area contributed by atoms with Crippen LogP contribution in [-0.2, 0) is 4.79 Å². The first kappa shape index (κ1) is 15.3. The van der Waals surface area contributed by atoms with Gasteiger partial charge in [-0.2, -0.15) is 0 Å². The number of hydrogen-bond donors (Lipinski definition) is 3. The van der Waals surface area contributed by atoms with Gasteiger partial charge in [0, 0.05) is 3.57 Å². The van der Waals surface area contributed by atoms with E-state index < -0.39 is 5.91 Å². The molecule has 0 aliphatic rings.